The molecule has 19 heavy (non-hydrogen) atoms. The topological polar surface area (TPSA) is 47.8 Å². The number of aldehydes is 1. The van der Waals surface area contributed by atoms with Gasteiger partial charge in [0.15, 0.2) is 6.29 Å². The van der Waals surface area contributed by atoms with E-state index in [0.717, 1.165) is 17.0 Å². The second-order valence-electron chi connectivity index (χ2n) is 4.17. The molecule has 2 heterocycles. The molecule has 1 aromatic carbocycles. The largest absolute Gasteiger partial charge is 0.298 e. The average Bonchev–Trinajstić information content (AvgIpc) is 3.08. The van der Waals surface area contributed by atoms with E-state index in [9.17, 15) is 4.79 Å². The standard InChI is InChI=1S/C14H11N3OS/c1-10-2-4-12(5-3-10)17-8-11(9-18)13(16-17)14-15-6-7-19-14/h2-9H,1H3. The summed E-state index contributed by atoms with van der Waals surface area (Å²) in [6.07, 6.45) is 4.25. The Bertz CT molecular complexity index is 699. The molecule has 0 bridgehead atoms. The summed E-state index contributed by atoms with van der Waals surface area (Å²) in [6.45, 7) is 2.03. The summed E-state index contributed by atoms with van der Waals surface area (Å²) < 4.78 is 1.71. The first-order valence-electron chi connectivity index (χ1n) is 5.79. The van der Waals surface area contributed by atoms with E-state index >= 15 is 0 Å². The van der Waals surface area contributed by atoms with Crippen LogP contribution < -0.4 is 0 Å². The second kappa shape index (κ2) is 4.78. The van der Waals surface area contributed by atoms with Crippen LogP contribution in [-0.4, -0.2) is 21.1 Å². The van der Waals surface area contributed by atoms with Crippen molar-refractivity contribution in [2.24, 2.45) is 0 Å². The van der Waals surface area contributed by atoms with Gasteiger partial charge in [-0.15, -0.1) is 11.3 Å². The fourth-order valence-electron chi connectivity index (χ4n) is 1.81. The van der Waals surface area contributed by atoms with Crippen LogP contribution in [0.2, 0.25) is 0 Å². The SMILES string of the molecule is Cc1ccc(-n2cc(C=O)c(-c3nccs3)n2)cc1. The number of rotatable bonds is 3. The van der Waals surface area contributed by atoms with Crippen molar-refractivity contribution in [3.05, 3.63) is 53.2 Å². The summed E-state index contributed by atoms with van der Waals surface area (Å²) in [7, 11) is 0. The highest BCUT2D eigenvalue weighted by atomic mass is 32.1. The van der Waals surface area contributed by atoms with Gasteiger partial charge in [-0.3, -0.25) is 4.79 Å². The van der Waals surface area contributed by atoms with Crippen LogP contribution in [0, 0.1) is 6.92 Å². The smallest absolute Gasteiger partial charge is 0.153 e. The van der Waals surface area contributed by atoms with Gasteiger partial charge in [0, 0.05) is 17.8 Å². The number of aromatic nitrogens is 3. The normalized spacial score (nSPS) is 10.6. The van der Waals surface area contributed by atoms with Crippen molar-refractivity contribution in [3.8, 4) is 16.4 Å². The monoisotopic (exact) mass is 269 g/mol. The first-order valence-corrected chi connectivity index (χ1v) is 6.67. The van der Waals surface area contributed by atoms with E-state index < -0.39 is 0 Å². The maximum atomic E-state index is 11.1. The van der Waals surface area contributed by atoms with Gasteiger partial charge in [-0.25, -0.2) is 9.67 Å². The molecule has 0 amide bonds. The molecule has 0 aliphatic carbocycles. The van der Waals surface area contributed by atoms with Crippen molar-refractivity contribution in [3.63, 3.8) is 0 Å². The highest BCUT2D eigenvalue weighted by Crippen LogP contribution is 2.24. The molecule has 0 radical (unpaired) electrons. The molecule has 4 nitrogen and oxygen atoms in total. The minimum Gasteiger partial charge on any atom is -0.298 e. The van der Waals surface area contributed by atoms with Gasteiger partial charge in [-0.05, 0) is 19.1 Å². The van der Waals surface area contributed by atoms with Crippen LogP contribution in [-0.2, 0) is 0 Å². The van der Waals surface area contributed by atoms with Gasteiger partial charge >= 0.3 is 0 Å². The molecule has 94 valence electrons. The minimum absolute atomic E-state index is 0.551. The number of hydrogen-bond acceptors (Lipinski definition) is 4. The summed E-state index contributed by atoms with van der Waals surface area (Å²) in [5.41, 5.74) is 3.30. The van der Waals surface area contributed by atoms with Gasteiger partial charge in [0.25, 0.3) is 0 Å². The molecule has 0 aliphatic heterocycles. The summed E-state index contributed by atoms with van der Waals surface area (Å²) in [4.78, 5) is 15.3. The van der Waals surface area contributed by atoms with E-state index in [-0.39, 0.29) is 0 Å². The summed E-state index contributed by atoms with van der Waals surface area (Å²) >= 11 is 1.47. The molecule has 0 unspecified atom stereocenters. The fourth-order valence-corrected chi connectivity index (χ4v) is 2.45. The molecular weight excluding hydrogens is 258 g/mol. The van der Waals surface area contributed by atoms with E-state index in [2.05, 4.69) is 10.1 Å². The molecule has 0 aliphatic rings. The lowest BCUT2D eigenvalue weighted by Gasteiger charge is -2.00. The molecule has 5 heteroatoms. The number of hydrogen-bond donors (Lipinski definition) is 0. The predicted molar refractivity (Wildman–Crippen MR) is 74.8 cm³/mol. The Kier molecular flexibility index (Phi) is 2.97. The number of benzene rings is 1. The first-order chi connectivity index (χ1) is 9.28. The van der Waals surface area contributed by atoms with Gasteiger partial charge in [0.1, 0.15) is 10.7 Å². The molecule has 0 N–H and O–H groups in total. The average molecular weight is 269 g/mol. The van der Waals surface area contributed by atoms with Gasteiger partial charge < -0.3 is 0 Å². The number of carbonyl (C=O) groups excluding carboxylic acids is 1. The minimum atomic E-state index is 0.551. The van der Waals surface area contributed by atoms with Crippen LogP contribution in [0.5, 0.6) is 0 Å². The summed E-state index contributed by atoms with van der Waals surface area (Å²) in [5, 5.41) is 7.08. The van der Waals surface area contributed by atoms with Crippen molar-refractivity contribution in [1.82, 2.24) is 14.8 Å². The Hall–Kier alpha value is -2.27. The Morgan fingerprint density at radius 2 is 2.05 bits per heavy atom. The molecule has 0 saturated heterocycles. The van der Waals surface area contributed by atoms with E-state index in [1.165, 1.54) is 16.9 Å². The Morgan fingerprint density at radius 1 is 1.26 bits per heavy atom. The van der Waals surface area contributed by atoms with E-state index in [0.29, 0.717) is 11.3 Å². The highest BCUT2D eigenvalue weighted by Gasteiger charge is 2.13. The summed E-state index contributed by atoms with van der Waals surface area (Å²) in [6, 6.07) is 7.98. The Morgan fingerprint density at radius 3 is 2.68 bits per heavy atom. The van der Waals surface area contributed by atoms with Crippen molar-refractivity contribution in [2.75, 3.05) is 0 Å². The Labute approximate surface area is 114 Å². The van der Waals surface area contributed by atoms with E-state index in [1.54, 1.807) is 17.1 Å². The molecular formula is C14H11N3OS. The predicted octanol–water partition coefficient (Wildman–Crippen LogP) is 3.12. The lowest BCUT2D eigenvalue weighted by atomic mass is 10.2. The second-order valence-corrected chi connectivity index (χ2v) is 5.06. The third kappa shape index (κ3) is 2.20. The molecule has 3 rings (SSSR count). The van der Waals surface area contributed by atoms with Gasteiger partial charge in [0.05, 0.1) is 11.3 Å². The van der Waals surface area contributed by atoms with Crippen molar-refractivity contribution < 1.29 is 4.79 Å². The lowest BCUT2D eigenvalue weighted by molar-refractivity contribution is 0.112. The van der Waals surface area contributed by atoms with Gasteiger partial charge in [0.2, 0.25) is 0 Å². The van der Waals surface area contributed by atoms with Crippen molar-refractivity contribution >= 4 is 17.6 Å². The van der Waals surface area contributed by atoms with Crippen LogP contribution >= 0.6 is 11.3 Å². The van der Waals surface area contributed by atoms with Gasteiger partial charge in [-0.2, -0.15) is 5.10 Å². The van der Waals surface area contributed by atoms with Gasteiger partial charge in [-0.1, -0.05) is 17.7 Å². The third-order valence-electron chi connectivity index (χ3n) is 2.80. The third-order valence-corrected chi connectivity index (χ3v) is 3.58. The highest BCUT2D eigenvalue weighted by molar-refractivity contribution is 7.13. The van der Waals surface area contributed by atoms with E-state index in [1.807, 2.05) is 36.6 Å². The number of thiazole rings is 1. The first kappa shape index (κ1) is 11.8. The maximum absolute atomic E-state index is 11.1. The zero-order valence-corrected chi connectivity index (χ0v) is 11.1. The molecule has 0 saturated carbocycles. The number of nitrogens with zero attached hydrogens (tertiary/aromatic N) is 3. The van der Waals surface area contributed by atoms with Crippen LogP contribution in [0.25, 0.3) is 16.4 Å². The number of aryl methyl sites for hydroxylation is 1. The molecule has 0 atom stereocenters. The zero-order valence-electron chi connectivity index (χ0n) is 10.3. The maximum Gasteiger partial charge on any atom is 0.153 e. The summed E-state index contributed by atoms with van der Waals surface area (Å²) in [5.74, 6) is 0. The quantitative estimate of drug-likeness (QED) is 0.686. The van der Waals surface area contributed by atoms with Crippen molar-refractivity contribution in [2.45, 2.75) is 6.92 Å². The van der Waals surface area contributed by atoms with Crippen LogP contribution in [0.4, 0.5) is 0 Å². The van der Waals surface area contributed by atoms with Crippen LogP contribution in [0.1, 0.15) is 15.9 Å². The van der Waals surface area contributed by atoms with E-state index in [4.69, 9.17) is 0 Å². The lowest BCUT2D eigenvalue weighted by Crippen LogP contribution is -1.94. The molecule has 0 fully saturated rings. The Balaban J connectivity index is 2.09. The van der Waals surface area contributed by atoms with Crippen molar-refractivity contribution in [1.29, 1.82) is 0 Å². The van der Waals surface area contributed by atoms with Crippen LogP contribution in [0.15, 0.2) is 42.0 Å². The molecule has 0 spiro atoms. The molecule has 3 aromatic rings. The number of carbonyl (C=O) groups is 1. The fraction of sp³-hybridized carbons (Fsp3) is 0.0714. The zero-order chi connectivity index (χ0) is 13.2. The molecule has 2 aromatic heterocycles. The van der Waals surface area contributed by atoms with Crippen LogP contribution in [0.3, 0.4) is 0 Å².